The Bertz CT molecular complexity index is 1050. The molecule has 6 nitrogen and oxygen atoms in total. The minimum atomic E-state index is -0.794. The van der Waals surface area contributed by atoms with Crippen LogP contribution >= 0.6 is 0 Å². The Labute approximate surface area is 378 Å². The molecule has 0 bridgehead atoms. The number of aliphatic hydroxyl groups is 2. The molecule has 0 aliphatic heterocycles. The lowest BCUT2D eigenvalue weighted by atomic mass is 10.0. The summed E-state index contributed by atoms with van der Waals surface area (Å²) in [6, 6.07) is -0.709. The van der Waals surface area contributed by atoms with Gasteiger partial charge in [0.15, 0.2) is 0 Å². The summed E-state index contributed by atoms with van der Waals surface area (Å²) >= 11 is 0. The van der Waals surface area contributed by atoms with Crippen LogP contribution in [0.3, 0.4) is 0 Å². The summed E-state index contributed by atoms with van der Waals surface area (Å²) < 4.78 is 5.93. The van der Waals surface area contributed by atoms with Gasteiger partial charge in [0.2, 0.25) is 5.91 Å². The highest BCUT2D eigenvalue weighted by Crippen LogP contribution is 2.18. The van der Waals surface area contributed by atoms with Crippen molar-refractivity contribution in [3.05, 3.63) is 48.6 Å². The molecule has 0 aliphatic rings. The number of allylic oxidation sites excluding steroid dienone is 8. The smallest absolute Gasteiger partial charge is 0.306 e. The number of carbonyl (C=O) groups excluding carboxylic acids is 2. The minimum absolute atomic E-state index is 0.0617. The fourth-order valence-electron chi connectivity index (χ4n) is 7.91. The fourth-order valence-corrected chi connectivity index (χ4v) is 7.91. The molecular formula is C55H101NO5. The van der Waals surface area contributed by atoms with Crippen molar-refractivity contribution in [2.75, 3.05) is 6.61 Å². The van der Waals surface area contributed by atoms with Crippen LogP contribution in [0.25, 0.3) is 0 Å². The summed E-state index contributed by atoms with van der Waals surface area (Å²) in [4.78, 5) is 26.2. The normalized spacial score (nSPS) is 13.6. The summed E-state index contributed by atoms with van der Waals surface area (Å²) in [5.74, 6) is -0.495. The Morgan fingerprint density at radius 1 is 0.492 bits per heavy atom. The lowest BCUT2D eigenvalue weighted by Crippen LogP contribution is -2.46. The number of ether oxygens (including phenoxy) is 1. The Kier molecular flexibility index (Phi) is 47.1. The molecule has 0 rings (SSSR count). The molecule has 356 valence electrons. The molecule has 61 heavy (non-hydrogen) atoms. The molecule has 0 fully saturated rings. The Morgan fingerprint density at radius 3 is 1.38 bits per heavy atom. The van der Waals surface area contributed by atoms with E-state index in [0.717, 1.165) is 89.9 Å². The van der Waals surface area contributed by atoms with Crippen LogP contribution in [0.15, 0.2) is 48.6 Å². The van der Waals surface area contributed by atoms with Crippen molar-refractivity contribution >= 4 is 11.9 Å². The summed E-state index contributed by atoms with van der Waals surface area (Å²) in [6.07, 6.45) is 58.8. The van der Waals surface area contributed by atoms with E-state index in [0.29, 0.717) is 19.3 Å². The van der Waals surface area contributed by atoms with Gasteiger partial charge in [-0.2, -0.15) is 0 Å². The maximum absolute atomic E-state index is 13.2. The standard InChI is InChI=1S/C55H101NO5/c1-4-7-10-13-16-19-22-25-27-30-33-36-39-42-45-48-55(60)61-51(46-43-40-37-34-31-29-26-23-20-17-14-11-8-5-2)49-54(59)56-52(50-57)53(58)47-44-41-38-35-32-28-24-21-18-15-12-9-6-3/h8,11,17,19-20,22,26,29,51-53,57-58H,4-7,9-10,12-16,18,21,23-25,27-28,30-50H2,1-3H3,(H,56,59)/b11-8+,20-17+,22-19-,29-26+. The zero-order valence-electron chi connectivity index (χ0n) is 40.5. The maximum Gasteiger partial charge on any atom is 0.306 e. The first-order chi connectivity index (χ1) is 30.0. The fraction of sp³-hybridized carbons (Fsp3) is 0.818. The van der Waals surface area contributed by atoms with Crippen molar-refractivity contribution in [1.29, 1.82) is 0 Å². The zero-order valence-corrected chi connectivity index (χ0v) is 40.5. The average Bonchev–Trinajstić information content (AvgIpc) is 3.25. The van der Waals surface area contributed by atoms with E-state index in [1.807, 2.05) is 0 Å². The predicted molar refractivity (Wildman–Crippen MR) is 264 cm³/mol. The lowest BCUT2D eigenvalue weighted by molar-refractivity contribution is -0.151. The molecule has 0 aliphatic carbocycles. The SMILES string of the molecule is CC/C=C/C/C=C/C/C=C/CCCCCCC(CC(=O)NC(CO)C(O)CCCCCCCCCCCCCCC)OC(=O)CCCCCCCCC/C=C\CCCCCC. The molecule has 0 heterocycles. The van der Waals surface area contributed by atoms with Gasteiger partial charge in [0.05, 0.1) is 25.2 Å². The molecule has 0 aromatic rings. The predicted octanol–water partition coefficient (Wildman–Crippen LogP) is 15.8. The average molecular weight is 856 g/mol. The molecule has 3 atom stereocenters. The van der Waals surface area contributed by atoms with Crippen molar-refractivity contribution < 1.29 is 24.5 Å². The molecule has 0 radical (unpaired) electrons. The maximum atomic E-state index is 13.2. The highest BCUT2D eigenvalue weighted by molar-refractivity contribution is 5.77. The van der Waals surface area contributed by atoms with Gasteiger partial charge in [-0.05, 0) is 83.5 Å². The van der Waals surface area contributed by atoms with Crippen LogP contribution in [-0.2, 0) is 14.3 Å². The molecule has 3 N–H and O–H groups in total. The number of hydrogen-bond donors (Lipinski definition) is 3. The monoisotopic (exact) mass is 856 g/mol. The van der Waals surface area contributed by atoms with E-state index in [1.54, 1.807) is 0 Å². The molecule has 0 spiro atoms. The van der Waals surface area contributed by atoms with E-state index >= 15 is 0 Å². The van der Waals surface area contributed by atoms with Gasteiger partial charge in [-0.1, -0.05) is 217 Å². The van der Waals surface area contributed by atoms with Gasteiger partial charge in [0.25, 0.3) is 0 Å². The number of amides is 1. The third-order valence-electron chi connectivity index (χ3n) is 11.9. The van der Waals surface area contributed by atoms with Gasteiger partial charge in [0, 0.05) is 6.42 Å². The van der Waals surface area contributed by atoms with E-state index in [1.165, 1.54) is 128 Å². The topological polar surface area (TPSA) is 95.9 Å². The minimum Gasteiger partial charge on any atom is -0.462 e. The third kappa shape index (κ3) is 44.2. The first kappa shape index (κ1) is 58.8. The van der Waals surface area contributed by atoms with E-state index in [4.69, 9.17) is 4.74 Å². The van der Waals surface area contributed by atoms with Crippen LogP contribution in [0.5, 0.6) is 0 Å². The first-order valence-corrected chi connectivity index (χ1v) is 26.4. The second-order valence-corrected chi connectivity index (χ2v) is 17.9. The summed E-state index contributed by atoms with van der Waals surface area (Å²) in [5.41, 5.74) is 0. The Morgan fingerprint density at radius 2 is 0.885 bits per heavy atom. The highest BCUT2D eigenvalue weighted by atomic mass is 16.5. The number of unbranched alkanes of at least 4 members (excludes halogenated alkanes) is 27. The van der Waals surface area contributed by atoms with Crippen molar-refractivity contribution in [1.82, 2.24) is 5.32 Å². The third-order valence-corrected chi connectivity index (χ3v) is 11.9. The quantitative estimate of drug-likeness (QED) is 0.0322. The van der Waals surface area contributed by atoms with Crippen LogP contribution in [0, 0.1) is 0 Å². The summed E-state index contributed by atoms with van der Waals surface area (Å²) in [5, 5.41) is 23.8. The van der Waals surface area contributed by atoms with E-state index in [9.17, 15) is 19.8 Å². The van der Waals surface area contributed by atoms with Crippen LogP contribution in [0.1, 0.15) is 265 Å². The second-order valence-electron chi connectivity index (χ2n) is 17.9. The van der Waals surface area contributed by atoms with Gasteiger partial charge >= 0.3 is 5.97 Å². The molecule has 0 aromatic heterocycles. The van der Waals surface area contributed by atoms with Crippen molar-refractivity contribution in [3.8, 4) is 0 Å². The number of rotatable bonds is 47. The molecule has 0 saturated carbocycles. The van der Waals surface area contributed by atoms with Crippen LogP contribution in [0.4, 0.5) is 0 Å². The van der Waals surface area contributed by atoms with Crippen LogP contribution in [0.2, 0.25) is 0 Å². The highest BCUT2D eigenvalue weighted by Gasteiger charge is 2.24. The Balaban J connectivity index is 4.60. The summed E-state index contributed by atoms with van der Waals surface area (Å²) in [7, 11) is 0. The molecule has 0 saturated heterocycles. The van der Waals surface area contributed by atoms with E-state index < -0.39 is 18.2 Å². The number of hydrogen-bond acceptors (Lipinski definition) is 5. The van der Waals surface area contributed by atoms with E-state index in [-0.39, 0.29) is 24.9 Å². The van der Waals surface area contributed by atoms with Gasteiger partial charge in [-0.3, -0.25) is 9.59 Å². The van der Waals surface area contributed by atoms with Gasteiger partial charge in [-0.15, -0.1) is 0 Å². The van der Waals surface area contributed by atoms with Crippen molar-refractivity contribution in [2.45, 2.75) is 283 Å². The van der Waals surface area contributed by atoms with Gasteiger partial charge in [-0.25, -0.2) is 0 Å². The lowest BCUT2D eigenvalue weighted by Gasteiger charge is -2.24. The largest absolute Gasteiger partial charge is 0.462 e. The molecule has 3 unspecified atom stereocenters. The molecular weight excluding hydrogens is 755 g/mol. The van der Waals surface area contributed by atoms with Crippen molar-refractivity contribution in [2.24, 2.45) is 0 Å². The van der Waals surface area contributed by atoms with Gasteiger partial charge < -0.3 is 20.3 Å². The molecule has 6 heteroatoms. The zero-order chi connectivity index (χ0) is 44.5. The number of aliphatic hydroxyl groups excluding tert-OH is 2. The number of esters is 1. The number of nitrogens with one attached hydrogen (secondary N) is 1. The molecule has 1 amide bonds. The first-order valence-electron chi connectivity index (χ1n) is 26.4. The molecule has 0 aromatic carbocycles. The second kappa shape index (κ2) is 48.8. The van der Waals surface area contributed by atoms with Crippen LogP contribution < -0.4 is 5.32 Å². The van der Waals surface area contributed by atoms with Crippen molar-refractivity contribution in [3.63, 3.8) is 0 Å². The summed E-state index contributed by atoms with van der Waals surface area (Å²) in [6.45, 7) is 6.36. The number of carbonyl (C=O) groups is 2. The van der Waals surface area contributed by atoms with Crippen LogP contribution in [-0.4, -0.2) is 46.9 Å². The van der Waals surface area contributed by atoms with E-state index in [2.05, 4.69) is 74.7 Å². The van der Waals surface area contributed by atoms with Gasteiger partial charge in [0.1, 0.15) is 6.10 Å². The Hall–Kier alpha value is -2.18.